The number of nitrogens with one attached hydrogen (secondary N) is 2. The van der Waals surface area contributed by atoms with Gasteiger partial charge in [0.05, 0.1) is 4.90 Å². The van der Waals surface area contributed by atoms with Gasteiger partial charge in [0, 0.05) is 11.1 Å². The van der Waals surface area contributed by atoms with E-state index in [0.717, 1.165) is 55.8 Å². The van der Waals surface area contributed by atoms with E-state index in [1.165, 1.54) is 0 Å². The number of ether oxygens (including phenoxy) is 1. The van der Waals surface area contributed by atoms with Crippen molar-refractivity contribution in [2.24, 2.45) is 5.92 Å². The van der Waals surface area contributed by atoms with Crippen molar-refractivity contribution in [3.8, 4) is 5.75 Å². The van der Waals surface area contributed by atoms with Gasteiger partial charge in [0.1, 0.15) is 5.75 Å². The first-order valence-electron chi connectivity index (χ1n) is 8.98. The number of hydrogen-bond donors (Lipinski definition) is 2. The smallest absolute Gasteiger partial charge is 0.406 e. The van der Waals surface area contributed by atoms with E-state index in [4.69, 9.17) is 11.6 Å². The third kappa shape index (κ3) is 6.08. The van der Waals surface area contributed by atoms with Crippen LogP contribution in [-0.4, -0.2) is 27.9 Å². The molecular formula is C19H20ClF3N2O3S. The van der Waals surface area contributed by atoms with E-state index in [-0.39, 0.29) is 10.8 Å². The maximum absolute atomic E-state index is 12.9. The van der Waals surface area contributed by atoms with E-state index >= 15 is 0 Å². The summed E-state index contributed by atoms with van der Waals surface area (Å²) in [5.74, 6) is -0.413. The van der Waals surface area contributed by atoms with Crippen LogP contribution in [0.3, 0.4) is 0 Å². The molecule has 1 fully saturated rings. The van der Waals surface area contributed by atoms with Crippen molar-refractivity contribution in [3.63, 3.8) is 0 Å². The molecule has 0 spiro atoms. The van der Waals surface area contributed by atoms with Crippen LogP contribution in [0.25, 0.3) is 0 Å². The maximum Gasteiger partial charge on any atom is 0.573 e. The molecule has 1 aliphatic heterocycles. The van der Waals surface area contributed by atoms with Gasteiger partial charge < -0.3 is 10.1 Å². The molecule has 0 radical (unpaired) electrons. The van der Waals surface area contributed by atoms with E-state index in [0.29, 0.717) is 5.02 Å². The Hall–Kier alpha value is -1.81. The zero-order valence-electron chi connectivity index (χ0n) is 15.2. The van der Waals surface area contributed by atoms with Gasteiger partial charge in [0.25, 0.3) is 0 Å². The zero-order chi connectivity index (χ0) is 21.1. The SMILES string of the molecule is O=S(=O)(NC(c1ccc(Cl)cc1)C1CCNCC1)c1ccc(OC(F)(F)F)cc1. The second kappa shape index (κ2) is 8.91. The minimum atomic E-state index is -4.84. The summed E-state index contributed by atoms with van der Waals surface area (Å²) >= 11 is 5.95. The first kappa shape index (κ1) is 21.9. The molecule has 158 valence electrons. The summed E-state index contributed by atoms with van der Waals surface area (Å²) in [4.78, 5) is -0.139. The Morgan fingerprint density at radius 2 is 1.62 bits per heavy atom. The molecule has 2 N–H and O–H groups in total. The number of rotatable bonds is 6. The lowest BCUT2D eigenvalue weighted by atomic mass is 9.87. The fraction of sp³-hybridized carbons (Fsp3) is 0.368. The molecule has 3 rings (SSSR count). The standard InChI is InChI=1S/C19H20ClF3N2O3S/c20-15-3-1-13(2-4-15)18(14-9-11-24-12-10-14)25-29(26,27)17-7-5-16(6-8-17)28-19(21,22)23/h1-8,14,18,24-25H,9-12H2. The third-order valence-corrected chi connectivity index (χ3v) is 6.44. The number of halogens is 4. The Balaban J connectivity index is 1.84. The van der Waals surface area contributed by atoms with Crippen LogP contribution < -0.4 is 14.8 Å². The summed E-state index contributed by atoms with van der Waals surface area (Å²) in [5, 5.41) is 3.79. The highest BCUT2D eigenvalue weighted by Gasteiger charge is 2.32. The average Bonchev–Trinajstić information content (AvgIpc) is 2.67. The van der Waals surface area contributed by atoms with Crippen LogP contribution in [0.5, 0.6) is 5.75 Å². The lowest BCUT2D eigenvalue weighted by Crippen LogP contribution is -2.38. The van der Waals surface area contributed by atoms with E-state index in [9.17, 15) is 21.6 Å². The first-order valence-corrected chi connectivity index (χ1v) is 10.8. The highest BCUT2D eigenvalue weighted by atomic mass is 35.5. The predicted octanol–water partition coefficient (Wildman–Crippen LogP) is 4.26. The van der Waals surface area contributed by atoms with Gasteiger partial charge in [-0.3, -0.25) is 0 Å². The van der Waals surface area contributed by atoms with Crippen LogP contribution in [0.15, 0.2) is 53.4 Å². The van der Waals surface area contributed by atoms with Gasteiger partial charge in [-0.05, 0) is 73.8 Å². The molecule has 2 aromatic rings. The molecule has 2 aromatic carbocycles. The van der Waals surface area contributed by atoms with Crippen molar-refractivity contribution in [2.45, 2.75) is 30.1 Å². The molecule has 0 amide bonds. The van der Waals surface area contributed by atoms with Gasteiger partial charge in [-0.1, -0.05) is 23.7 Å². The molecule has 1 unspecified atom stereocenters. The van der Waals surface area contributed by atoms with Crippen LogP contribution >= 0.6 is 11.6 Å². The predicted molar refractivity (Wildman–Crippen MR) is 103 cm³/mol. The normalized spacial score (nSPS) is 17.1. The quantitative estimate of drug-likeness (QED) is 0.693. The van der Waals surface area contributed by atoms with Gasteiger partial charge in [0.15, 0.2) is 0 Å². The Morgan fingerprint density at radius 3 is 2.17 bits per heavy atom. The monoisotopic (exact) mass is 448 g/mol. The minimum Gasteiger partial charge on any atom is -0.406 e. The number of alkyl halides is 3. The molecule has 10 heteroatoms. The van der Waals surface area contributed by atoms with E-state index in [1.807, 2.05) is 0 Å². The molecule has 0 aliphatic carbocycles. The molecule has 1 saturated heterocycles. The summed E-state index contributed by atoms with van der Waals surface area (Å²) in [6.07, 6.45) is -3.27. The van der Waals surface area contributed by atoms with E-state index < -0.39 is 28.2 Å². The van der Waals surface area contributed by atoms with Gasteiger partial charge >= 0.3 is 6.36 Å². The molecule has 0 bridgehead atoms. The van der Waals surface area contributed by atoms with Crippen molar-refractivity contribution in [1.29, 1.82) is 0 Å². The number of benzene rings is 2. The molecule has 0 saturated carbocycles. The first-order chi connectivity index (χ1) is 13.6. The van der Waals surface area contributed by atoms with Gasteiger partial charge in [0.2, 0.25) is 10.0 Å². The summed E-state index contributed by atoms with van der Waals surface area (Å²) in [5.41, 5.74) is 0.780. The topological polar surface area (TPSA) is 67.4 Å². The van der Waals surface area contributed by atoms with Gasteiger partial charge in [-0.15, -0.1) is 13.2 Å². The van der Waals surface area contributed by atoms with Crippen LogP contribution in [0, 0.1) is 5.92 Å². The van der Waals surface area contributed by atoms with Crippen molar-refractivity contribution in [3.05, 3.63) is 59.1 Å². The Labute approximate surface area is 172 Å². The van der Waals surface area contributed by atoms with Crippen molar-refractivity contribution in [2.75, 3.05) is 13.1 Å². The van der Waals surface area contributed by atoms with Crippen molar-refractivity contribution in [1.82, 2.24) is 10.0 Å². The molecule has 29 heavy (non-hydrogen) atoms. The Kier molecular flexibility index (Phi) is 6.72. The molecular weight excluding hydrogens is 429 g/mol. The van der Waals surface area contributed by atoms with Crippen LogP contribution in [0.2, 0.25) is 5.02 Å². The maximum atomic E-state index is 12.9. The lowest BCUT2D eigenvalue weighted by molar-refractivity contribution is -0.274. The van der Waals surface area contributed by atoms with E-state index in [1.54, 1.807) is 24.3 Å². The van der Waals surface area contributed by atoms with E-state index in [2.05, 4.69) is 14.8 Å². The minimum absolute atomic E-state index is 0.0695. The van der Waals surface area contributed by atoms with Crippen molar-refractivity contribution >= 4 is 21.6 Å². The third-order valence-electron chi connectivity index (χ3n) is 4.73. The van der Waals surface area contributed by atoms with Crippen molar-refractivity contribution < 1.29 is 26.3 Å². The van der Waals surface area contributed by atoms with Crippen LogP contribution in [0.4, 0.5) is 13.2 Å². The fourth-order valence-electron chi connectivity index (χ4n) is 3.34. The Morgan fingerprint density at radius 1 is 1.03 bits per heavy atom. The molecule has 1 atom stereocenters. The summed E-state index contributed by atoms with van der Waals surface area (Å²) in [6.45, 7) is 1.56. The molecule has 0 aromatic heterocycles. The number of sulfonamides is 1. The van der Waals surface area contributed by atoms with Gasteiger partial charge in [-0.25, -0.2) is 13.1 Å². The average molecular weight is 449 g/mol. The Bertz CT molecular complexity index is 913. The highest BCUT2D eigenvalue weighted by molar-refractivity contribution is 7.89. The van der Waals surface area contributed by atoms with Gasteiger partial charge in [-0.2, -0.15) is 0 Å². The number of hydrogen-bond acceptors (Lipinski definition) is 4. The second-order valence-corrected chi connectivity index (χ2v) is 8.91. The summed E-state index contributed by atoms with van der Waals surface area (Å²) < 4.78 is 69.2. The number of piperidine rings is 1. The largest absolute Gasteiger partial charge is 0.573 e. The van der Waals surface area contributed by atoms with Crippen LogP contribution in [-0.2, 0) is 10.0 Å². The second-order valence-electron chi connectivity index (χ2n) is 6.76. The molecule has 1 heterocycles. The van der Waals surface area contributed by atoms with Crippen LogP contribution in [0.1, 0.15) is 24.4 Å². The zero-order valence-corrected chi connectivity index (χ0v) is 16.8. The summed E-state index contributed by atoms with van der Waals surface area (Å²) in [7, 11) is -3.97. The lowest BCUT2D eigenvalue weighted by Gasteiger charge is -2.31. The molecule has 1 aliphatic rings. The fourth-order valence-corrected chi connectivity index (χ4v) is 4.76. The molecule has 5 nitrogen and oxygen atoms in total. The highest BCUT2D eigenvalue weighted by Crippen LogP contribution is 2.32. The summed E-state index contributed by atoms with van der Waals surface area (Å²) in [6, 6.07) is 10.6.